The number of hydrogen-bond donors (Lipinski definition) is 1. The van der Waals surface area contributed by atoms with Crippen molar-refractivity contribution < 1.29 is 4.79 Å². The number of carbonyl (C=O) groups excluding carboxylic acids is 1. The van der Waals surface area contributed by atoms with Crippen LogP contribution in [0, 0.1) is 5.41 Å². The number of nitrogens with two attached hydrogens (primary N) is 1. The van der Waals surface area contributed by atoms with E-state index in [2.05, 4.69) is 52.5 Å². The third kappa shape index (κ3) is 3.93. The van der Waals surface area contributed by atoms with Crippen LogP contribution in [-0.2, 0) is 17.9 Å². The van der Waals surface area contributed by atoms with Gasteiger partial charge in [-0.2, -0.15) is 0 Å². The third-order valence-corrected chi connectivity index (χ3v) is 7.32. The molecule has 1 spiro atoms. The number of amides is 1. The van der Waals surface area contributed by atoms with Crippen LogP contribution in [0.4, 0.5) is 0 Å². The van der Waals surface area contributed by atoms with Crippen LogP contribution in [0.25, 0.3) is 10.9 Å². The molecule has 2 aromatic rings. The van der Waals surface area contributed by atoms with Crippen LogP contribution in [0.1, 0.15) is 45.1 Å². The second-order valence-corrected chi connectivity index (χ2v) is 8.80. The molecule has 0 unspecified atom stereocenters. The first kappa shape index (κ1) is 20.0. The molecule has 5 nitrogen and oxygen atoms in total. The first-order valence-electron chi connectivity index (χ1n) is 11.0. The van der Waals surface area contributed by atoms with Crippen molar-refractivity contribution in [2.45, 2.75) is 52.6 Å². The molecule has 1 amide bonds. The van der Waals surface area contributed by atoms with E-state index in [4.69, 9.17) is 5.73 Å². The topological polar surface area (TPSA) is 54.5 Å². The molecule has 29 heavy (non-hydrogen) atoms. The van der Waals surface area contributed by atoms with E-state index in [1.807, 2.05) is 12.3 Å². The van der Waals surface area contributed by atoms with Crippen molar-refractivity contribution in [3.8, 4) is 0 Å². The number of para-hydroxylation sites is 1. The molecule has 2 aliphatic rings. The van der Waals surface area contributed by atoms with Crippen LogP contribution >= 0.6 is 0 Å². The number of hydrogen-bond acceptors (Lipinski definition) is 3. The molecule has 2 aliphatic heterocycles. The lowest BCUT2D eigenvalue weighted by Gasteiger charge is -2.47. The van der Waals surface area contributed by atoms with Gasteiger partial charge in [0.15, 0.2) is 0 Å². The van der Waals surface area contributed by atoms with E-state index in [0.29, 0.717) is 18.5 Å². The summed E-state index contributed by atoms with van der Waals surface area (Å²) < 4.78 is 2.07. The number of benzene rings is 1. The summed E-state index contributed by atoms with van der Waals surface area (Å²) >= 11 is 0. The van der Waals surface area contributed by atoms with Gasteiger partial charge in [0.05, 0.1) is 5.52 Å². The number of aromatic nitrogens is 1. The lowest BCUT2D eigenvalue weighted by molar-refractivity contribution is -0.134. The van der Waals surface area contributed by atoms with Crippen molar-refractivity contribution in [1.29, 1.82) is 0 Å². The molecule has 1 aromatic carbocycles. The van der Waals surface area contributed by atoms with Crippen molar-refractivity contribution in [1.82, 2.24) is 14.4 Å². The Labute approximate surface area is 174 Å². The average Bonchev–Trinajstić information content (AvgIpc) is 3.17. The van der Waals surface area contributed by atoms with Crippen molar-refractivity contribution in [2.75, 3.05) is 26.2 Å². The Kier molecular flexibility index (Phi) is 5.68. The largest absolute Gasteiger partial charge is 0.375 e. The first-order valence-corrected chi connectivity index (χ1v) is 11.0. The molecule has 0 saturated carbocycles. The summed E-state index contributed by atoms with van der Waals surface area (Å²) in [5, 5.41) is 1.15. The molecule has 0 aliphatic carbocycles. The second kappa shape index (κ2) is 8.23. The summed E-state index contributed by atoms with van der Waals surface area (Å²) in [5.41, 5.74) is 9.95. The quantitative estimate of drug-likeness (QED) is 0.860. The highest BCUT2D eigenvalue weighted by atomic mass is 16.2. The zero-order valence-electron chi connectivity index (χ0n) is 17.9. The predicted octanol–water partition coefficient (Wildman–Crippen LogP) is 3.73. The number of carbonyl (C=O) groups is 1. The minimum atomic E-state index is 0.228. The Morgan fingerprint density at radius 3 is 2.34 bits per heavy atom. The number of rotatable bonds is 4. The smallest absolute Gasteiger partial charge is 0.242 e. The lowest BCUT2D eigenvalue weighted by atomic mass is 9.71. The number of allylic oxidation sites excluding steroid dienone is 2. The summed E-state index contributed by atoms with van der Waals surface area (Å²) in [7, 11) is 0. The van der Waals surface area contributed by atoms with E-state index in [9.17, 15) is 4.79 Å². The number of fused-ring (bicyclic) bond motifs is 1. The van der Waals surface area contributed by atoms with Crippen LogP contribution in [0.2, 0.25) is 0 Å². The van der Waals surface area contributed by atoms with Crippen molar-refractivity contribution in [2.24, 2.45) is 11.1 Å². The predicted molar refractivity (Wildman–Crippen MR) is 118 cm³/mol. The van der Waals surface area contributed by atoms with E-state index >= 15 is 0 Å². The number of nitrogens with zero attached hydrogens (tertiary/aromatic N) is 3. The molecule has 0 atom stereocenters. The van der Waals surface area contributed by atoms with Gasteiger partial charge in [0, 0.05) is 44.6 Å². The van der Waals surface area contributed by atoms with E-state index in [0.717, 1.165) is 55.5 Å². The van der Waals surface area contributed by atoms with Crippen LogP contribution < -0.4 is 5.73 Å². The molecule has 2 fully saturated rings. The third-order valence-electron chi connectivity index (χ3n) is 7.32. The summed E-state index contributed by atoms with van der Waals surface area (Å²) in [5.74, 6) is 0.228. The molecule has 2 saturated heterocycles. The zero-order chi connectivity index (χ0) is 20.4. The van der Waals surface area contributed by atoms with Gasteiger partial charge in [-0.3, -0.25) is 4.79 Å². The van der Waals surface area contributed by atoms with Gasteiger partial charge in [0.1, 0.15) is 6.54 Å². The van der Waals surface area contributed by atoms with Crippen LogP contribution in [0.3, 0.4) is 0 Å². The highest BCUT2D eigenvalue weighted by molar-refractivity contribution is 5.85. The minimum Gasteiger partial charge on any atom is -0.375 e. The number of piperidine rings is 2. The van der Waals surface area contributed by atoms with Gasteiger partial charge in [0.2, 0.25) is 5.91 Å². The zero-order valence-corrected chi connectivity index (χ0v) is 17.9. The molecule has 5 heteroatoms. The molecule has 1 aromatic heterocycles. The molecule has 0 bridgehead atoms. The highest BCUT2D eigenvalue weighted by Gasteiger charge is 2.38. The maximum atomic E-state index is 13.0. The second-order valence-electron chi connectivity index (χ2n) is 8.80. The van der Waals surface area contributed by atoms with Crippen LogP contribution in [0.5, 0.6) is 0 Å². The molecule has 3 heterocycles. The SMILES string of the molecule is CC=C(C)N1CCC2(CCN(C(=O)Cn3ccc4cccc(CN)c43)CC2)CC1. The minimum absolute atomic E-state index is 0.228. The van der Waals surface area contributed by atoms with Crippen molar-refractivity contribution >= 4 is 16.8 Å². The van der Waals surface area contributed by atoms with E-state index in [1.54, 1.807) is 0 Å². The monoisotopic (exact) mass is 394 g/mol. The summed E-state index contributed by atoms with van der Waals surface area (Å²) in [4.78, 5) is 17.6. The molecule has 0 radical (unpaired) electrons. The molecule has 156 valence electrons. The fraction of sp³-hybridized carbons (Fsp3) is 0.542. The molecule has 4 rings (SSSR count). The Bertz CT molecular complexity index is 895. The maximum absolute atomic E-state index is 13.0. The fourth-order valence-corrected chi connectivity index (χ4v) is 5.13. The van der Waals surface area contributed by atoms with Crippen molar-refractivity contribution in [3.05, 3.63) is 47.8 Å². The average molecular weight is 395 g/mol. The van der Waals surface area contributed by atoms with Gasteiger partial charge in [0.25, 0.3) is 0 Å². The summed E-state index contributed by atoms with van der Waals surface area (Å²) in [6.45, 7) is 9.32. The standard InChI is InChI=1S/C24H34N4O/c1-3-19(2)26-13-8-24(9-14-26)10-15-27(16-11-24)22(29)18-28-12-7-20-5-4-6-21(17-25)23(20)28/h3-7,12H,8-11,13-18,25H2,1-2H3. The van der Waals surface area contributed by atoms with E-state index in [-0.39, 0.29) is 5.91 Å². The number of likely N-dealkylation sites (tertiary alicyclic amines) is 2. The maximum Gasteiger partial charge on any atom is 0.242 e. The Morgan fingerprint density at radius 2 is 1.72 bits per heavy atom. The van der Waals surface area contributed by atoms with Gasteiger partial charge in [-0.25, -0.2) is 0 Å². The van der Waals surface area contributed by atoms with Crippen molar-refractivity contribution in [3.63, 3.8) is 0 Å². The van der Waals surface area contributed by atoms with Gasteiger partial charge >= 0.3 is 0 Å². The van der Waals surface area contributed by atoms with Gasteiger partial charge in [-0.05, 0) is 62.0 Å². The molecule has 2 N–H and O–H groups in total. The molecular weight excluding hydrogens is 360 g/mol. The lowest BCUT2D eigenvalue weighted by Crippen LogP contribution is -2.48. The van der Waals surface area contributed by atoms with Gasteiger partial charge in [-0.1, -0.05) is 24.3 Å². The van der Waals surface area contributed by atoms with Crippen LogP contribution in [0.15, 0.2) is 42.2 Å². The fourth-order valence-electron chi connectivity index (χ4n) is 5.13. The summed E-state index contributed by atoms with van der Waals surface area (Å²) in [6, 6.07) is 8.25. The highest BCUT2D eigenvalue weighted by Crippen LogP contribution is 2.42. The normalized spacial score (nSPS) is 19.9. The Morgan fingerprint density at radius 1 is 1.07 bits per heavy atom. The Balaban J connectivity index is 1.37. The first-order chi connectivity index (χ1) is 14.0. The molecular formula is C24H34N4O. The van der Waals surface area contributed by atoms with Gasteiger partial charge < -0.3 is 20.1 Å². The van der Waals surface area contributed by atoms with E-state index < -0.39 is 0 Å². The van der Waals surface area contributed by atoms with Gasteiger partial charge in [-0.15, -0.1) is 0 Å². The van der Waals surface area contributed by atoms with E-state index in [1.165, 1.54) is 18.5 Å². The summed E-state index contributed by atoms with van der Waals surface area (Å²) in [6.07, 6.45) is 9.02. The Hall–Kier alpha value is -2.27. The van der Waals surface area contributed by atoms with Crippen LogP contribution in [-0.4, -0.2) is 46.5 Å².